The monoisotopic (exact) mass is 349 g/mol. The highest BCUT2D eigenvalue weighted by atomic mass is 32.1. The Kier molecular flexibility index (Phi) is 5.93. The minimum atomic E-state index is 0.134. The molecule has 0 aromatic carbocycles. The maximum atomic E-state index is 12.6. The second-order valence-electron chi connectivity index (χ2n) is 7.69. The van der Waals surface area contributed by atoms with Crippen LogP contribution in [-0.2, 0) is 0 Å². The Morgan fingerprint density at radius 2 is 2.00 bits per heavy atom. The molecular weight excluding hydrogens is 318 g/mol. The minimum Gasteiger partial charge on any atom is -0.337 e. The molecule has 1 aromatic heterocycles. The number of rotatable bonds is 5. The highest BCUT2D eigenvalue weighted by Gasteiger charge is 2.40. The second kappa shape index (κ2) is 7.96. The van der Waals surface area contributed by atoms with Crippen LogP contribution in [0.2, 0.25) is 0 Å². The van der Waals surface area contributed by atoms with Crippen LogP contribution in [0, 0.1) is 11.3 Å². The second-order valence-corrected chi connectivity index (χ2v) is 8.41. The van der Waals surface area contributed by atoms with E-state index in [2.05, 4.69) is 28.6 Å². The number of hydrogen-bond donors (Lipinski definition) is 0. The third-order valence-electron chi connectivity index (χ3n) is 6.19. The van der Waals surface area contributed by atoms with Gasteiger partial charge in [-0.25, -0.2) is 4.98 Å². The van der Waals surface area contributed by atoms with Crippen molar-refractivity contribution in [3.63, 3.8) is 0 Å². The Balaban J connectivity index is 1.56. The topological polar surface area (TPSA) is 36.4 Å². The number of hydrogen-bond acceptors (Lipinski definition) is 4. The fourth-order valence-electron chi connectivity index (χ4n) is 4.39. The maximum absolute atomic E-state index is 12.6. The zero-order valence-electron chi connectivity index (χ0n) is 15.2. The predicted molar refractivity (Wildman–Crippen MR) is 99.4 cm³/mol. The molecule has 2 saturated heterocycles. The van der Waals surface area contributed by atoms with E-state index < -0.39 is 0 Å². The van der Waals surface area contributed by atoms with E-state index in [1.165, 1.54) is 63.1 Å². The molecule has 2 fully saturated rings. The van der Waals surface area contributed by atoms with Crippen LogP contribution in [0.3, 0.4) is 0 Å². The summed E-state index contributed by atoms with van der Waals surface area (Å²) in [7, 11) is 0. The third-order valence-corrected chi connectivity index (χ3v) is 6.77. The summed E-state index contributed by atoms with van der Waals surface area (Å²) < 4.78 is 0. The van der Waals surface area contributed by atoms with Crippen LogP contribution in [0.1, 0.15) is 62.9 Å². The molecule has 0 bridgehead atoms. The molecule has 1 aromatic rings. The molecule has 1 spiro atoms. The summed E-state index contributed by atoms with van der Waals surface area (Å²) >= 11 is 1.50. The number of piperidine rings is 2. The van der Waals surface area contributed by atoms with Crippen LogP contribution in [-0.4, -0.2) is 53.4 Å². The normalized spacial score (nSPS) is 21.5. The molecule has 1 amide bonds. The van der Waals surface area contributed by atoms with E-state index in [1.807, 2.05) is 5.38 Å². The molecule has 0 aliphatic carbocycles. The number of carbonyl (C=O) groups excluding carboxylic acids is 1. The fraction of sp³-hybridized carbons (Fsp3) is 0.789. The first kappa shape index (κ1) is 17.9. The summed E-state index contributed by atoms with van der Waals surface area (Å²) in [6.07, 6.45) is 7.49. The lowest BCUT2D eigenvalue weighted by Gasteiger charge is -2.48. The molecule has 0 N–H and O–H groups in total. The molecule has 2 aliphatic rings. The molecule has 24 heavy (non-hydrogen) atoms. The SMILES string of the molecule is CCC(CC)CN1CCC2(CCCN(C(=O)c3cscn3)C2)CC1. The van der Waals surface area contributed by atoms with Crippen molar-refractivity contribution >= 4 is 17.2 Å². The number of nitrogens with zero attached hydrogens (tertiary/aromatic N) is 3. The van der Waals surface area contributed by atoms with Gasteiger partial charge in [-0.1, -0.05) is 26.7 Å². The summed E-state index contributed by atoms with van der Waals surface area (Å²) in [4.78, 5) is 21.6. The first-order valence-corrected chi connectivity index (χ1v) is 10.5. The lowest BCUT2D eigenvalue weighted by atomic mass is 9.72. The quantitative estimate of drug-likeness (QED) is 0.809. The Morgan fingerprint density at radius 1 is 1.25 bits per heavy atom. The van der Waals surface area contributed by atoms with Crippen LogP contribution in [0.25, 0.3) is 0 Å². The highest BCUT2D eigenvalue weighted by molar-refractivity contribution is 7.07. The van der Waals surface area contributed by atoms with E-state index in [0.717, 1.165) is 25.4 Å². The number of amides is 1. The van der Waals surface area contributed by atoms with Crippen LogP contribution in [0.5, 0.6) is 0 Å². The van der Waals surface area contributed by atoms with Crippen molar-refractivity contribution in [3.8, 4) is 0 Å². The third kappa shape index (κ3) is 3.99. The average Bonchev–Trinajstić information content (AvgIpc) is 3.15. The van der Waals surface area contributed by atoms with Crippen molar-refractivity contribution in [3.05, 3.63) is 16.6 Å². The molecule has 0 saturated carbocycles. The Labute approximate surface area is 150 Å². The summed E-state index contributed by atoms with van der Waals surface area (Å²) in [5.74, 6) is 0.975. The van der Waals surface area contributed by atoms with E-state index in [9.17, 15) is 4.79 Å². The molecule has 0 unspecified atom stereocenters. The van der Waals surface area contributed by atoms with Crippen LogP contribution in [0.4, 0.5) is 0 Å². The van der Waals surface area contributed by atoms with Gasteiger partial charge in [0.25, 0.3) is 5.91 Å². The number of aromatic nitrogens is 1. The smallest absolute Gasteiger partial charge is 0.273 e. The molecule has 134 valence electrons. The molecule has 4 nitrogen and oxygen atoms in total. The van der Waals surface area contributed by atoms with Gasteiger partial charge < -0.3 is 9.80 Å². The van der Waals surface area contributed by atoms with Gasteiger partial charge in [0.05, 0.1) is 5.51 Å². The zero-order valence-corrected chi connectivity index (χ0v) is 16.0. The molecule has 0 atom stereocenters. The molecular formula is C19H31N3OS. The van der Waals surface area contributed by atoms with Crippen molar-refractivity contribution in [1.82, 2.24) is 14.8 Å². The molecule has 3 rings (SSSR count). The molecule has 2 aliphatic heterocycles. The van der Waals surface area contributed by atoms with Crippen LogP contribution >= 0.6 is 11.3 Å². The van der Waals surface area contributed by atoms with E-state index in [-0.39, 0.29) is 5.91 Å². The van der Waals surface area contributed by atoms with Crippen molar-refractivity contribution in [2.45, 2.75) is 52.4 Å². The van der Waals surface area contributed by atoms with Gasteiger partial charge in [0.1, 0.15) is 5.69 Å². The van der Waals surface area contributed by atoms with E-state index in [4.69, 9.17) is 0 Å². The maximum Gasteiger partial charge on any atom is 0.273 e. The Morgan fingerprint density at radius 3 is 2.62 bits per heavy atom. The summed E-state index contributed by atoms with van der Waals surface area (Å²) in [6, 6.07) is 0. The van der Waals surface area contributed by atoms with Gasteiger partial charge >= 0.3 is 0 Å². The average molecular weight is 350 g/mol. The summed E-state index contributed by atoms with van der Waals surface area (Å²) in [6.45, 7) is 10.1. The first-order valence-electron chi connectivity index (χ1n) is 9.55. The lowest BCUT2D eigenvalue weighted by molar-refractivity contribution is 0.0178. The van der Waals surface area contributed by atoms with Gasteiger partial charge in [0, 0.05) is 25.0 Å². The predicted octanol–water partition coefficient (Wildman–Crippen LogP) is 3.90. The summed E-state index contributed by atoms with van der Waals surface area (Å²) in [5, 5.41) is 1.88. The molecule has 5 heteroatoms. The van der Waals surface area contributed by atoms with Crippen molar-refractivity contribution in [1.29, 1.82) is 0 Å². The van der Waals surface area contributed by atoms with E-state index in [0.29, 0.717) is 11.1 Å². The fourth-order valence-corrected chi connectivity index (χ4v) is 4.92. The minimum absolute atomic E-state index is 0.134. The van der Waals surface area contributed by atoms with Crippen LogP contribution in [0.15, 0.2) is 10.9 Å². The number of thiazole rings is 1. The largest absolute Gasteiger partial charge is 0.337 e. The van der Waals surface area contributed by atoms with Gasteiger partial charge in [-0.2, -0.15) is 0 Å². The van der Waals surface area contributed by atoms with Gasteiger partial charge in [-0.15, -0.1) is 11.3 Å². The Hall–Kier alpha value is -0.940. The zero-order chi connectivity index (χ0) is 17.0. The van der Waals surface area contributed by atoms with Crippen molar-refractivity contribution < 1.29 is 4.79 Å². The van der Waals surface area contributed by atoms with Crippen LogP contribution < -0.4 is 0 Å². The van der Waals surface area contributed by atoms with E-state index in [1.54, 1.807) is 5.51 Å². The number of likely N-dealkylation sites (tertiary alicyclic amines) is 2. The lowest BCUT2D eigenvalue weighted by Crippen LogP contribution is -2.51. The molecule has 0 radical (unpaired) electrons. The van der Waals surface area contributed by atoms with E-state index >= 15 is 0 Å². The van der Waals surface area contributed by atoms with Crippen molar-refractivity contribution in [2.24, 2.45) is 11.3 Å². The van der Waals surface area contributed by atoms with Gasteiger partial charge in [0.2, 0.25) is 0 Å². The van der Waals surface area contributed by atoms with Gasteiger partial charge in [-0.05, 0) is 50.1 Å². The van der Waals surface area contributed by atoms with Gasteiger partial charge in [-0.3, -0.25) is 4.79 Å². The number of carbonyl (C=O) groups is 1. The molecule has 3 heterocycles. The van der Waals surface area contributed by atoms with Crippen molar-refractivity contribution in [2.75, 3.05) is 32.7 Å². The first-order chi connectivity index (χ1) is 11.7. The standard InChI is InChI=1S/C19H31N3OS/c1-3-16(4-2)12-21-10-7-19(8-11-21)6-5-9-22(14-19)18(23)17-13-24-15-20-17/h13,15-16H,3-12,14H2,1-2H3. The highest BCUT2D eigenvalue weighted by Crippen LogP contribution is 2.40. The summed E-state index contributed by atoms with van der Waals surface area (Å²) in [5.41, 5.74) is 2.74. The van der Waals surface area contributed by atoms with Gasteiger partial charge in [0.15, 0.2) is 0 Å². The Bertz CT molecular complexity index is 519.